The van der Waals surface area contributed by atoms with Gasteiger partial charge in [0.25, 0.3) is 0 Å². The Bertz CT molecular complexity index is 364. The summed E-state index contributed by atoms with van der Waals surface area (Å²) in [5, 5.41) is 4.22. The molecule has 0 amide bonds. The SMILES string of the molecule is CCNCC(C)C(C)N(C)C(C)c1ccc(Cl)cc1. The normalized spacial score (nSPS) is 16.4. The zero-order valence-electron chi connectivity index (χ0n) is 12.8. The lowest BCUT2D eigenvalue weighted by molar-refractivity contribution is 0.150. The van der Waals surface area contributed by atoms with Crippen molar-refractivity contribution in [1.82, 2.24) is 10.2 Å². The lowest BCUT2D eigenvalue weighted by atomic mass is 9.98. The minimum Gasteiger partial charge on any atom is -0.317 e. The summed E-state index contributed by atoms with van der Waals surface area (Å²) in [5.74, 6) is 0.625. The second-order valence-electron chi connectivity index (χ2n) is 5.42. The van der Waals surface area contributed by atoms with Crippen LogP contribution in [0, 0.1) is 5.92 Å². The van der Waals surface area contributed by atoms with Gasteiger partial charge in [0, 0.05) is 17.1 Å². The van der Waals surface area contributed by atoms with Crippen molar-refractivity contribution < 1.29 is 0 Å². The highest BCUT2D eigenvalue weighted by Gasteiger charge is 2.21. The molecule has 1 rings (SSSR count). The van der Waals surface area contributed by atoms with Gasteiger partial charge in [0.05, 0.1) is 0 Å². The summed E-state index contributed by atoms with van der Waals surface area (Å²) in [6, 6.07) is 9.10. The van der Waals surface area contributed by atoms with Gasteiger partial charge in [-0.15, -0.1) is 0 Å². The first-order chi connectivity index (χ1) is 8.97. The number of benzene rings is 1. The number of hydrogen-bond donors (Lipinski definition) is 1. The van der Waals surface area contributed by atoms with Crippen LogP contribution in [0.3, 0.4) is 0 Å². The van der Waals surface area contributed by atoms with E-state index in [1.807, 2.05) is 12.1 Å². The molecule has 1 N–H and O–H groups in total. The van der Waals surface area contributed by atoms with Gasteiger partial charge in [-0.05, 0) is 57.6 Å². The second kappa shape index (κ2) is 7.88. The molecule has 0 heterocycles. The lowest BCUT2D eigenvalue weighted by Gasteiger charge is -2.35. The van der Waals surface area contributed by atoms with Crippen LogP contribution in [-0.2, 0) is 0 Å². The zero-order valence-corrected chi connectivity index (χ0v) is 13.5. The molecule has 0 aliphatic rings. The van der Waals surface area contributed by atoms with Crippen molar-refractivity contribution in [2.75, 3.05) is 20.1 Å². The summed E-state index contributed by atoms with van der Waals surface area (Å²) < 4.78 is 0. The predicted molar refractivity (Wildman–Crippen MR) is 84.8 cm³/mol. The van der Waals surface area contributed by atoms with Gasteiger partial charge in [-0.2, -0.15) is 0 Å². The van der Waals surface area contributed by atoms with E-state index in [0.717, 1.165) is 18.1 Å². The number of rotatable bonds is 7. The van der Waals surface area contributed by atoms with E-state index in [9.17, 15) is 0 Å². The Morgan fingerprint density at radius 2 is 1.74 bits per heavy atom. The Morgan fingerprint density at radius 3 is 2.26 bits per heavy atom. The quantitative estimate of drug-likeness (QED) is 0.814. The standard InChI is InChI=1S/C16H27ClN2/c1-6-18-11-12(2)13(3)19(5)14(4)15-7-9-16(17)10-8-15/h7-10,12-14,18H,6,11H2,1-5H3. The maximum atomic E-state index is 5.94. The molecule has 0 saturated carbocycles. The average molecular weight is 283 g/mol. The van der Waals surface area contributed by atoms with Crippen LogP contribution in [0.25, 0.3) is 0 Å². The van der Waals surface area contributed by atoms with Crippen molar-refractivity contribution in [3.63, 3.8) is 0 Å². The van der Waals surface area contributed by atoms with Crippen LogP contribution in [0.2, 0.25) is 5.02 Å². The van der Waals surface area contributed by atoms with Crippen LogP contribution in [0.5, 0.6) is 0 Å². The number of hydrogen-bond acceptors (Lipinski definition) is 2. The highest BCUT2D eigenvalue weighted by atomic mass is 35.5. The highest BCUT2D eigenvalue weighted by molar-refractivity contribution is 6.30. The molecule has 3 unspecified atom stereocenters. The van der Waals surface area contributed by atoms with Crippen molar-refractivity contribution in [3.8, 4) is 0 Å². The van der Waals surface area contributed by atoms with Crippen LogP contribution in [-0.4, -0.2) is 31.1 Å². The van der Waals surface area contributed by atoms with Gasteiger partial charge in [-0.25, -0.2) is 0 Å². The van der Waals surface area contributed by atoms with Crippen molar-refractivity contribution in [2.45, 2.75) is 39.8 Å². The monoisotopic (exact) mass is 282 g/mol. The Kier molecular flexibility index (Phi) is 6.84. The molecule has 0 spiro atoms. The molecule has 19 heavy (non-hydrogen) atoms. The summed E-state index contributed by atoms with van der Waals surface area (Å²) >= 11 is 5.94. The molecule has 0 radical (unpaired) electrons. The van der Waals surface area contributed by atoms with Crippen molar-refractivity contribution in [1.29, 1.82) is 0 Å². The topological polar surface area (TPSA) is 15.3 Å². The first-order valence-electron chi connectivity index (χ1n) is 7.15. The third-order valence-electron chi connectivity index (χ3n) is 4.15. The molecule has 0 saturated heterocycles. The molecular formula is C16H27ClN2. The fourth-order valence-electron chi connectivity index (χ4n) is 2.27. The number of nitrogens with zero attached hydrogens (tertiary/aromatic N) is 1. The van der Waals surface area contributed by atoms with Crippen LogP contribution >= 0.6 is 11.6 Å². The Hall–Kier alpha value is -0.570. The maximum absolute atomic E-state index is 5.94. The van der Waals surface area contributed by atoms with Gasteiger partial charge in [0.1, 0.15) is 0 Å². The van der Waals surface area contributed by atoms with Crippen LogP contribution in [0.4, 0.5) is 0 Å². The molecule has 2 nitrogen and oxygen atoms in total. The summed E-state index contributed by atoms with van der Waals surface area (Å²) in [4.78, 5) is 2.44. The zero-order chi connectivity index (χ0) is 14.4. The lowest BCUT2D eigenvalue weighted by Crippen LogP contribution is -2.40. The Morgan fingerprint density at radius 1 is 1.16 bits per heavy atom. The summed E-state index contributed by atoms with van der Waals surface area (Å²) in [6.45, 7) is 11.1. The van der Waals surface area contributed by atoms with Crippen LogP contribution in [0.1, 0.15) is 39.3 Å². The van der Waals surface area contributed by atoms with E-state index in [1.165, 1.54) is 5.56 Å². The smallest absolute Gasteiger partial charge is 0.0406 e. The van der Waals surface area contributed by atoms with E-state index in [-0.39, 0.29) is 0 Å². The molecule has 108 valence electrons. The van der Waals surface area contributed by atoms with E-state index in [2.05, 4.69) is 57.1 Å². The van der Waals surface area contributed by atoms with E-state index >= 15 is 0 Å². The summed E-state index contributed by atoms with van der Waals surface area (Å²) in [5.41, 5.74) is 1.31. The van der Waals surface area contributed by atoms with Crippen molar-refractivity contribution in [2.24, 2.45) is 5.92 Å². The van der Waals surface area contributed by atoms with Gasteiger partial charge < -0.3 is 5.32 Å². The molecule has 1 aromatic carbocycles. The van der Waals surface area contributed by atoms with Gasteiger partial charge in [0.15, 0.2) is 0 Å². The van der Waals surface area contributed by atoms with Crippen LogP contribution in [0.15, 0.2) is 24.3 Å². The van der Waals surface area contributed by atoms with Gasteiger partial charge in [0.2, 0.25) is 0 Å². The number of halogens is 1. The second-order valence-corrected chi connectivity index (χ2v) is 5.85. The van der Waals surface area contributed by atoms with E-state index < -0.39 is 0 Å². The third kappa shape index (κ3) is 4.79. The molecule has 0 fully saturated rings. The van der Waals surface area contributed by atoms with Gasteiger partial charge in [-0.1, -0.05) is 37.6 Å². The summed E-state index contributed by atoms with van der Waals surface area (Å²) in [7, 11) is 2.20. The minimum absolute atomic E-state index is 0.399. The minimum atomic E-state index is 0.399. The molecule has 3 heteroatoms. The molecule has 0 aromatic heterocycles. The van der Waals surface area contributed by atoms with Gasteiger partial charge >= 0.3 is 0 Å². The Balaban J connectivity index is 2.64. The largest absolute Gasteiger partial charge is 0.317 e. The molecule has 0 aliphatic heterocycles. The molecule has 1 aromatic rings. The molecule has 3 atom stereocenters. The van der Waals surface area contributed by atoms with E-state index in [4.69, 9.17) is 11.6 Å². The predicted octanol–water partition coefficient (Wildman–Crippen LogP) is 3.97. The molecular weight excluding hydrogens is 256 g/mol. The number of nitrogens with one attached hydrogen (secondary N) is 1. The average Bonchev–Trinajstić information content (AvgIpc) is 2.43. The maximum Gasteiger partial charge on any atom is 0.0406 e. The first kappa shape index (κ1) is 16.5. The van der Waals surface area contributed by atoms with E-state index in [1.54, 1.807) is 0 Å². The van der Waals surface area contributed by atoms with Crippen molar-refractivity contribution >= 4 is 11.6 Å². The first-order valence-corrected chi connectivity index (χ1v) is 7.53. The fraction of sp³-hybridized carbons (Fsp3) is 0.625. The summed E-state index contributed by atoms with van der Waals surface area (Å²) in [6.07, 6.45) is 0. The third-order valence-corrected chi connectivity index (χ3v) is 4.40. The Labute approximate surface area is 123 Å². The highest BCUT2D eigenvalue weighted by Crippen LogP contribution is 2.24. The van der Waals surface area contributed by atoms with Crippen LogP contribution < -0.4 is 5.32 Å². The molecule has 0 aliphatic carbocycles. The van der Waals surface area contributed by atoms with E-state index in [0.29, 0.717) is 18.0 Å². The fourth-order valence-corrected chi connectivity index (χ4v) is 2.40. The molecule has 0 bridgehead atoms. The van der Waals surface area contributed by atoms with Gasteiger partial charge in [-0.3, -0.25) is 4.90 Å². The van der Waals surface area contributed by atoms with Crippen molar-refractivity contribution in [3.05, 3.63) is 34.9 Å².